The maximum atomic E-state index is 12.6. The zero-order valence-corrected chi connectivity index (χ0v) is 16.6. The summed E-state index contributed by atoms with van der Waals surface area (Å²) < 4.78 is 21.0. The van der Waals surface area contributed by atoms with Crippen molar-refractivity contribution in [3.05, 3.63) is 51.6 Å². The molecule has 0 unspecified atom stereocenters. The van der Waals surface area contributed by atoms with Gasteiger partial charge in [0.25, 0.3) is 11.6 Å². The van der Waals surface area contributed by atoms with E-state index in [1.54, 1.807) is 12.1 Å². The minimum atomic E-state index is -1.23. The summed E-state index contributed by atoms with van der Waals surface area (Å²) in [5.74, 6) is -0.845. The number of carbonyl (C=O) groups is 2. The van der Waals surface area contributed by atoms with Crippen LogP contribution in [0, 0.1) is 17.0 Å². The summed E-state index contributed by atoms with van der Waals surface area (Å²) >= 11 is 0. The third-order valence-corrected chi connectivity index (χ3v) is 4.34. The predicted molar refractivity (Wildman–Crippen MR) is 105 cm³/mol. The maximum Gasteiger partial charge on any atom is 0.346 e. The zero-order valence-electron chi connectivity index (χ0n) is 16.6. The molecule has 1 atom stereocenters. The summed E-state index contributed by atoms with van der Waals surface area (Å²) in [6.45, 7) is 3.70. The number of benzene rings is 2. The number of nitro groups is 1. The number of nitrogens with one attached hydrogen (secondary N) is 1. The number of carbonyl (C=O) groups excluding carboxylic acids is 2. The SMILES string of the molecule is COc1ccc(C)cc1NC(=O)[C@H](C)OC(=O)c1cc2c(cc1[N+](=O)[O-])OCCO2. The molecule has 0 bridgehead atoms. The second-order valence-corrected chi connectivity index (χ2v) is 6.51. The highest BCUT2D eigenvalue weighted by Crippen LogP contribution is 2.37. The Labute approximate surface area is 171 Å². The number of esters is 1. The Morgan fingerprint density at radius 1 is 1.17 bits per heavy atom. The van der Waals surface area contributed by atoms with Gasteiger partial charge in [-0.1, -0.05) is 6.07 Å². The van der Waals surface area contributed by atoms with Crippen molar-refractivity contribution in [2.45, 2.75) is 20.0 Å². The third kappa shape index (κ3) is 4.43. The lowest BCUT2D eigenvalue weighted by atomic mass is 10.1. The summed E-state index contributed by atoms with van der Waals surface area (Å²) in [6.07, 6.45) is -1.23. The number of nitro benzene ring substituents is 1. The molecule has 10 nitrogen and oxygen atoms in total. The van der Waals surface area contributed by atoms with Crippen LogP contribution in [0.15, 0.2) is 30.3 Å². The van der Waals surface area contributed by atoms with E-state index in [-0.39, 0.29) is 30.3 Å². The lowest BCUT2D eigenvalue weighted by molar-refractivity contribution is -0.385. The Morgan fingerprint density at radius 2 is 1.83 bits per heavy atom. The lowest BCUT2D eigenvalue weighted by Gasteiger charge is -2.19. The predicted octanol–water partition coefficient (Wildman–Crippen LogP) is 2.87. The Kier molecular flexibility index (Phi) is 6.05. The number of methoxy groups -OCH3 is 1. The van der Waals surface area contributed by atoms with Crippen molar-refractivity contribution in [2.75, 3.05) is 25.6 Å². The van der Waals surface area contributed by atoms with Crippen LogP contribution in [-0.4, -0.2) is 43.2 Å². The Bertz CT molecular complexity index is 1000. The van der Waals surface area contributed by atoms with Gasteiger partial charge in [-0.05, 0) is 31.5 Å². The first kappa shape index (κ1) is 20.9. The number of aryl methyl sites for hydroxylation is 1. The van der Waals surface area contributed by atoms with Gasteiger partial charge in [0.05, 0.1) is 23.8 Å². The Morgan fingerprint density at radius 3 is 2.47 bits per heavy atom. The molecule has 2 aromatic carbocycles. The van der Waals surface area contributed by atoms with Crippen molar-refractivity contribution in [3.8, 4) is 17.2 Å². The first-order valence-corrected chi connectivity index (χ1v) is 9.04. The summed E-state index contributed by atoms with van der Waals surface area (Å²) in [5, 5.41) is 14.0. The van der Waals surface area contributed by atoms with Gasteiger partial charge in [-0.2, -0.15) is 0 Å². The molecule has 0 radical (unpaired) electrons. The van der Waals surface area contributed by atoms with Crippen molar-refractivity contribution in [2.24, 2.45) is 0 Å². The maximum absolute atomic E-state index is 12.6. The molecule has 0 fully saturated rings. The average Bonchev–Trinajstić information content (AvgIpc) is 2.72. The van der Waals surface area contributed by atoms with E-state index in [0.717, 1.165) is 11.6 Å². The zero-order chi connectivity index (χ0) is 21.8. The van der Waals surface area contributed by atoms with Gasteiger partial charge >= 0.3 is 5.97 Å². The lowest BCUT2D eigenvalue weighted by Crippen LogP contribution is -2.30. The average molecular weight is 416 g/mol. The molecular formula is C20H20N2O8. The van der Waals surface area contributed by atoms with Crippen molar-refractivity contribution >= 4 is 23.3 Å². The van der Waals surface area contributed by atoms with Crippen molar-refractivity contribution in [1.82, 2.24) is 0 Å². The monoisotopic (exact) mass is 416 g/mol. The number of nitrogens with zero attached hydrogens (tertiary/aromatic N) is 1. The second-order valence-electron chi connectivity index (χ2n) is 6.51. The molecule has 1 heterocycles. The van der Waals surface area contributed by atoms with Gasteiger partial charge in [0.15, 0.2) is 17.6 Å². The van der Waals surface area contributed by atoms with Crippen LogP contribution >= 0.6 is 0 Å². The van der Waals surface area contributed by atoms with Gasteiger partial charge in [-0.15, -0.1) is 0 Å². The van der Waals surface area contributed by atoms with E-state index in [1.807, 2.05) is 13.0 Å². The number of hydrogen-bond donors (Lipinski definition) is 1. The van der Waals surface area contributed by atoms with Gasteiger partial charge < -0.3 is 24.3 Å². The molecule has 30 heavy (non-hydrogen) atoms. The molecule has 0 saturated carbocycles. The molecule has 0 aromatic heterocycles. The van der Waals surface area contributed by atoms with Crippen LogP contribution in [0.25, 0.3) is 0 Å². The van der Waals surface area contributed by atoms with E-state index in [0.29, 0.717) is 11.4 Å². The van der Waals surface area contributed by atoms with Crippen LogP contribution in [0.2, 0.25) is 0 Å². The molecule has 0 spiro atoms. The van der Waals surface area contributed by atoms with Crippen LogP contribution in [0.4, 0.5) is 11.4 Å². The molecule has 10 heteroatoms. The fourth-order valence-electron chi connectivity index (χ4n) is 2.82. The molecule has 2 aromatic rings. The van der Waals surface area contributed by atoms with E-state index in [9.17, 15) is 19.7 Å². The number of anilines is 1. The van der Waals surface area contributed by atoms with Gasteiger partial charge in [-0.3, -0.25) is 14.9 Å². The van der Waals surface area contributed by atoms with Crippen molar-refractivity contribution in [1.29, 1.82) is 0 Å². The summed E-state index contributed by atoms with van der Waals surface area (Å²) in [6, 6.07) is 7.51. The van der Waals surface area contributed by atoms with E-state index < -0.39 is 28.6 Å². The summed E-state index contributed by atoms with van der Waals surface area (Å²) in [7, 11) is 1.46. The Hall–Kier alpha value is -3.82. The first-order valence-electron chi connectivity index (χ1n) is 9.04. The van der Waals surface area contributed by atoms with Gasteiger partial charge in [0.1, 0.15) is 24.5 Å². The standard InChI is InChI=1S/C20H20N2O8/c1-11-4-5-16(27-3)14(8-11)21-19(23)12(2)30-20(24)13-9-17-18(29-7-6-28-17)10-15(13)22(25)26/h4-5,8-10,12H,6-7H2,1-3H3,(H,21,23)/t12-/m0/s1. The molecule has 1 aliphatic heterocycles. The van der Waals surface area contributed by atoms with E-state index in [2.05, 4.69) is 5.32 Å². The highest BCUT2D eigenvalue weighted by Gasteiger charge is 2.29. The van der Waals surface area contributed by atoms with Crippen molar-refractivity contribution in [3.63, 3.8) is 0 Å². The highest BCUT2D eigenvalue weighted by molar-refractivity contribution is 6.00. The number of rotatable bonds is 6. The smallest absolute Gasteiger partial charge is 0.346 e. The van der Waals surface area contributed by atoms with Crippen LogP contribution in [0.3, 0.4) is 0 Å². The molecule has 3 rings (SSSR count). The minimum Gasteiger partial charge on any atom is -0.495 e. The molecule has 158 valence electrons. The fraction of sp³-hybridized carbons (Fsp3) is 0.300. The topological polar surface area (TPSA) is 126 Å². The minimum absolute atomic E-state index is 0.168. The normalized spacial score (nSPS) is 13.2. The molecule has 1 amide bonds. The first-order chi connectivity index (χ1) is 14.3. The molecule has 0 aliphatic carbocycles. The van der Waals surface area contributed by atoms with Crippen LogP contribution in [0.5, 0.6) is 17.2 Å². The van der Waals surface area contributed by atoms with Crippen LogP contribution in [0.1, 0.15) is 22.8 Å². The fourth-order valence-corrected chi connectivity index (χ4v) is 2.82. The van der Waals surface area contributed by atoms with Gasteiger partial charge in [-0.25, -0.2) is 4.79 Å². The number of hydrogen-bond acceptors (Lipinski definition) is 8. The second kappa shape index (κ2) is 8.68. The number of ether oxygens (including phenoxy) is 4. The van der Waals surface area contributed by atoms with Crippen LogP contribution < -0.4 is 19.5 Å². The van der Waals surface area contributed by atoms with Gasteiger partial charge in [0.2, 0.25) is 0 Å². The third-order valence-electron chi connectivity index (χ3n) is 4.34. The summed E-state index contributed by atoms with van der Waals surface area (Å²) in [5.41, 5.74) is 0.465. The van der Waals surface area contributed by atoms with Gasteiger partial charge in [0, 0.05) is 6.07 Å². The quantitative estimate of drug-likeness (QED) is 0.433. The van der Waals surface area contributed by atoms with E-state index >= 15 is 0 Å². The number of amides is 1. The molecular weight excluding hydrogens is 396 g/mol. The Balaban J connectivity index is 1.78. The van der Waals surface area contributed by atoms with Crippen LogP contribution in [-0.2, 0) is 9.53 Å². The van der Waals surface area contributed by atoms with Crippen molar-refractivity contribution < 1.29 is 33.5 Å². The molecule has 1 N–H and O–H groups in total. The largest absolute Gasteiger partial charge is 0.495 e. The highest BCUT2D eigenvalue weighted by atomic mass is 16.6. The summed E-state index contributed by atoms with van der Waals surface area (Å²) in [4.78, 5) is 35.7. The van der Waals surface area contributed by atoms with E-state index in [1.165, 1.54) is 20.1 Å². The number of fused-ring (bicyclic) bond motifs is 1. The van der Waals surface area contributed by atoms with E-state index in [4.69, 9.17) is 18.9 Å². The molecule has 0 saturated heterocycles. The molecule has 1 aliphatic rings.